The van der Waals surface area contributed by atoms with Crippen LogP contribution in [-0.2, 0) is 0 Å². The van der Waals surface area contributed by atoms with Crippen LogP contribution in [0.1, 0.15) is 22.8 Å². The van der Waals surface area contributed by atoms with Crippen molar-refractivity contribution in [3.05, 3.63) is 76.6 Å². The van der Waals surface area contributed by atoms with E-state index in [2.05, 4.69) is 10.1 Å². The first-order valence-corrected chi connectivity index (χ1v) is 10.2. The molecule has 0 amide bonds. The Morgan fingerprint density at radius 3 is 2.62 bits per heavy atom. The lowest BCUT2D eigenvalue weighted by molar-refractivity contribution is 0.0696. The van der Waals surface area contributed by atoms with Gasteiger partial charge in [0.05, 0.1) is 22.8 Å². The maximum absolute atomic E-state index is 14.5. The molecule has 0 aliphatic rings. The van der Waals surface area contributed by atoms with Gasteiger partial charge in [0.15, 0.2) is 0 Å². The van der Waals surface area contributed by atoms with Gasteiger partial charge in [0.25, 0.3) is 5.89 Å². The summed E-state index contributed by atoms with van der Waals surface area (Å²) in [6, 6.07) is 15.5. The SMILES string of the molecule is CCOc1cc(-c2nc(-c3cc(Cl)c(C(=O)O)cc3F)no2)ccc1-c1ccccc1C. The van der Waals surface area contributed by atoms with Crippen LogP contribution >= 0.6 is 11.6 Å². The first-order chi connectivity index (χ1) is 15.4. The number of halogens is 2. The van der Waals surface area contributed by atoms with Crippen LogP contribution in [0.4, 0.5) is 4.39 Å². The number of ether oxygens (including phenoxy) is 1. The van der Waals surface area contributed by atoms with Crippen molar-refractivity contribution in [3.8, 4) is 39.7 Å². The number of aromatic carboxylic acids is 1. The number of rotatable bonds is 6. The van der Waals surface area contributed by atoms with E-state index < -0.39 is 11.8 Å². The Labute approximate surface area is 188 Å². The Kier molecular flexibility index (Phi) is 5.92. The van der Waals surface area contributed by atoms with Crippen molar-refractivity contribution >= 4 is 17.6 Å². The van der Waals surface area contributed by atoms with Gasteiger partial charge < -0.3 is 14.4 Å². The first-order valence-electron chi connectivity index (χ1n) is 9.78. The molecule has 0 unspecified atom stereocenters. The van der Waals surface area contributed by atoms with E-state index in [1.807, 2.05) is 50.2 Å². The van der Waals surface area contributed by atoms with E-state index in [1.54, 1.807) is 6.07 Å². The summed E-state index contributed by atoms with van der Waals surface area (Å²) in [7, 11) is 0. The van der Waals surface area contributed by atoms with Gasteiger partial charge in [0.2, 0.25) is 5.82 Å². The molecule has 0 radical (unpaired) electrons. The summed E-state index contributed by atoms with van der Waals surface area (Å²) in [4.78, 5) is 15.4. The van der Waals surface area contributed by atoms with Crippen LogP contribution in [0.2, 0.25) is 5.02 Å². The second-order valence-corrected chi connectivity index (χ2v) is 7.41. The maximum Gasteiger partial charge on any atom is 0.337 e. The molecule has 1 N–H and O–H groups in total. The van der Waals surface area contributed by atoms with Gasteiger partial charge in [0, 0.05) is 11.1 Å². The molecular formula is C24H18ClFN2O4. The van der Waals surface area contributed by atoms with Gasteiger partial charge in [-0.3, -0.25) is 0 Å². The van der Waals surface area contributed by atoms with Crippen molar-refractivity contribution in [3.63, 3.8) is 0 Å². The quantitative estimate of drug-likeness (QED) is 0.371. The van der Waals surface area contributed by atoms with E-state index in [9.17, 15) is 9.18 Å². The van der Waals surface area contributed by atoms with Gasteiger partial charge in [0.1, 0.15) is 11.6 Å². The summed E-state index contributed by atoms with van der Waals surface area (Å²) in [5.41, 5.74) is 3.28. The molecule has 3 aromatic carbocycles. The van der Waals surface area contributed by atoms with Gasteiger partial charge in [-0.05, 0) is 55.3 Å². The average molecular weight is 453 g/mol. The Morgan fingerprint density at radius 2 is 1.91 bits per heavy atom. The fourth-order valence-electron chi connectivity index (χ4n) is 3.36. The van der Waals surface area contributed by atoms with Gasteiger partial charge in [-0.1, -0.05) is 41.0 Å². The third-order valence-electron chi connectivity index (χ3n) is 4.92. The molecule has 0 bridgehead atoms. The first kappa shape index (κ1) is 21.5. The van der Waals surface area contributed by atoms with Gasteiger partial charge in [-0.25, -0.2) is 9.18 Å². The highest BCUT2D eigenvalue weighted by Crippen LogP contribution is 2.36. The van der Waals surface area contributed by atoms with E-state index in [-0.39, 0.29) is 27.9 Å². The normalized spacial score (nSPS) is 10.9. The third-order valence-corrected chi connectivity index (χ3v) is 5.23. The van der Waals surface area contributed by atoms with Crippen LogP contribution in [0.25, 0.3) is 34.0 Å². The lowest BCUT2D eigenvalue weighted by Gasteiger charge is -2.13. The number of benzene rings is 3. The third kappa shape index (κ3) is 4.07. The number of carboxylic acids is 1. The monoisotopic (exact) mass is 452 g/mol. The molecule has 0 aliphatic heterocycles. The summed E-state index contributed by atoms with van der Waals surface area (Å²) >= 11 is 5.96. The number of carbonyl (C=O) groups is 1. The Balaban J connectivity index is 1.73. The van der Waals surface area contributed by atoms with Crippen LogP contribution in [0.3, 0.4) is 0 Å². The minimum Gasteiger partial charge on any atom is -0.493 e. The lowest BCUT2D eigenvalue weighted by atomic mass is 9.98. The van der Waals surface area contributed by atoms with E-state index in [0.717, 1.165) is 22.8 Å². The molecule has 0 saturated carbocycles. The molecule has 1 aromatic heterocycles. The lowest BCUT2D eigenvalue weighted by Crippen LogP contribution is -2.00. The van der Waals surface area contributed by atoms with Crippen molar-refractivity contribution in [2.45, 2.75) is 13.8 Å². The van der Waals surface area contributed by atoms with E-state index >= 15 is 0 Å². The molecule has 1 heterocycles. The Hall–Kier alpha value is -3.71. The summed E-state index contributed by atoms with van der Waals surface area (Å²) in [6.07, 6.45) is 0. The molecule has 6 nitrogen and oxygen atoms in total. The highest BCUT2D eigenvalue weighted by Gasteiger charge is 2.20. The molecule has 8 heteroatoms. The molecule has 4 aromatic rings. The molecule has 0 aliphatic carbocycles. The molecule has 32 heavy (non-hydrogen) atoms. The van der Waals surface area contributed by atoms with Crippen LogP contribution < -0.4 is 4.74 Å². The van der Waals surface area contributed by atoms with Gasteiger partial charge >= 0.3 is 5.97 Å². The van der Waals surface area contributed by atoms with Gasteiger partial charge in [-0.15, -0.1) is 0 Å². The predicted molar refractivity (Wildman–Crippen MR) is 118 cm³/mol. The largest absolute Gasteiger partial charge is 0.493 e. The number of hydrogen-bond acceptors (Lipinski definition) is 5. The van der Waals surface area contributed by atoms with Crippen molar-refractivity contribution in [2.24, 2.45) is 0 Å². The van der Waals surface area contributed by atoms with Crippen LogP contribution in [-0.4, -0.2) is 27.8 Å². The summed E-state index contributed by atoms with van der Waals surface area (Å²) in [6.45, 7) is 4.39. The van der Waals surface area contributed by atoms with E-state index in [4.69, 9.17) is 26.0 Å². The number of carboxylic acid groups (broad SMARTS) is 1. The summed E-state index contributed by atoms with van der Waals surface area (Å²) < 4.78 is 25.7. The minimum absolute atomic E-state index is 0.0442. The average Bonchev–Trinajstić information content (AvgIpc) is 3.26. The maximum atomic E-state index is 14.5. The van der Waals surface area contributed by atoms with Crippen LogP contribution in [0.5, 0.6) is 5.75 Å². The predicted octanol–water partition coefficient (Wildman–Crippen LogP) is 6.27. The minimum atomic E-state index is -1.33. The molecule has 0 saturated heterocycles. The zero-order valence-corrected chi connectivity index (χ0v) is 18.0. The van der Waals surface area contributed by atoms with Crippen molar-refractivity contribution in [1.82, 2.24) is 10.1 Å². The topological polar surface area (TPSA) is 85.5 Å². The summed E-state index contributed by atoms with van der Waals surface area (Å²) in [5, 5.41) is 12.8. The molecule has 0 spiro atoms. The number of aromatic nitrogens is 2. The zero-order chi connectivity index (χ0) is 22.8. The molecule has 4 rings (SSSR count). The van der Waals surface area contributed by atoms with Crippen molar-refractivity contribution in [2.75, 3.05) is 6.61 Å². The smallest absolute Gasteiger partial charge is 0.337 e. The zero-order valence-electron chi connectivity index (χ0n) is 17.2. The van der Waals surface area contributed by atoms with Gasteiger partial charge in [-0.2, -0.15) is 4.98 Å². The van der Waals surface area contributed by atoms with Crippen LogP contribution in [0, 0.1) is 12.7 Å². The summed E-state index contributed by atoms with van der Waals surface area (Å²) in [5.74, 6) is -1.37. The molecule has 0 atom stereocenters. The second-order valence-electron chi connectivity index (χ2n) is 7.00. The number of hydrogen-bond donors (Lipinski definition) is 1. The molecular weight excluding hydrogens is 435 g/mol. The van der Waals surface area contributed by atoms with Crippen molar-refractivity contribution < 1.29 is 23.6 Å². The van der Waals surface area contributed by atoms with Crippen LogP contribution in [0.15, 0.2) is 59.1 Å². The fraction of sp³-hybridized carbons (Fsp3) is 0.125. The standard InChI is InChI=1S/C24H18ClFN2O4/c1-3-31-21-10-14(8-9-16(21)15-7-5-4-6-13(15)2)23-27-22(28-32-23)18-11-19(25)17(24(29)30)12-20(18)26/h4-12H,3H2,1-2H3,(H,29,30). The Morgan fingerprint density at radius 1 is 1.12 bits per heavy atom. The molecule has 162 valence electrons. The van der Waals surface area contributed by atoms with E-state index in [1.165, 1.54) is 6.07 Å². The molecule has 0 fully saturated rings. The van der Waals surface area contributed by atoms with E-state index in [0.29, 0.717) is 17.9 Å². The fourth-order valence-corrected chi connectivity index (χ4v) is 3.60. The Bertz CT molecular complexity index is 1320. The number of aryl methyl sites for hydroxylation is 1. The second kappa shape index (κ2) is 8.80. The van der Waals surface area contributed by atoms with Crippen molar-refractivity contribution in [1.29, 1.82) is 0 Å². The highest BCUT2D eigenvalue weighted by atomic mass is 35.5. The number of nitrogens with zero attached hydrogens (tertiary/aromatic N) is 2. The highest BCUT2D eigenvalue weighted by molar-refractivity contribution is 6.33.